The minimum absolute atomic E-state index is 0.0735. The Labute approximate surface area is 84.4 Å². The van der Waals surface area contributed by atoms with E-state index in [2.05, 4.69) is 4.98 Å². The lowest BCUT2D eigenvalue weighted by molar-refractivity contribution is -0.121. The van der Waals surface area contributed by atoms with Crippen LogP contribution in [0.4, 0.5) is 0 Å². The monoisotopic (exact) mass is 189 g/mol. The molecule has 0 saturated heterocycles. The van der Waals surface area contributed by atoms with Gasteiger partial charge in [-0.3, -0.25) is 9.78 Å². The Bertz CT molecular complexity index is 329. The van der Waals surface area contributed by atoms with Gasteiger partial charge in [0.25, 0.3) is 0 Å². The number of rotatable bonds is 1. The maximum absolute atomic E-state index is 11.6. The molecule has 1 aromatic rings. The van der Waals surface area contributed by atoms with Crippen molar-refractivity contribution in [1.29, 1.82) is 0 Å². The molecule has 1 saturated carbocycles. The number of aryl methyl sites for hydroxylation is 1. The van der Waals surface area contributed by atoms with Crippen molar-refractivity contribution in [3.05, 3.63) is 29.6 Å². The van der Waals surface area contributed by atoms with Crippen LogP contribution in [0, 0.1) is 6.92 Å². The predicted molar refractivity (Wildman–Crippen MR) is 55.2 cm³/mol. The average Bonchev–Trinajstić information content (AvgIpc) is 2.20. The Balaban J connectivity index is 2.20. The number of carbonyl (C=O) groups is 1. The summed E-state index contributed by atoms with van der Waals surface area (Å²) in [6.45, 7) is 2.01. The third-order valence-corrected chi connectivity index (χ3v) is 2.85. The molecule has 2 heteroatoms. The molecule has 1 fully saturated rings. The molecule has 1 aromatic heterocycles. The van der Waals surface area contributed by atoms with Gasteiger partial charge in [0, 0.05) is 12.6 Å². The van der Waals surface area contributed by atoms with E-state index in [-0.39, 0.29) is 5.92 Å². The summed E-state index contributed by atoms with van der Waals surface area (Å²) in [4.78, 5) is 16.0. The van der Waals surface area contributed by atoms with Crippen molar-refractivity contribution in [2.75, 3.05) is 0 Å². The molecule has 2 rings (SSSR count). The first-order valence-corrected chi connectivity index (χ1v) is 5.22. The van der Waals surface area contributed by atoms with Gasteiger partial charge in [0.1, 0.15) is 5.78 Å². The zero-order valence-corrected chi connectivity index (χ0v) is 8.49. The lowest BCUT2D eigenvalue weighted by atomic mass is 9.85. The van der Waals surface area contributed by atoms with Gasteiger partial charge >= 0.3 is 0 Å². The van der Waals surface area contributed by atoms with Crippen LogP contribution >= 0.6 is 0 Å². The molecular formula is C12H15NO. The zero-order chi connectivity index (χ0) is 9.97. The number of Topliss-reactive ketones (excluding diaryl/α,β-unsaturated/α-hetero) is 1. The van der Waals surface area contributed by atoms with E-state index in [1.54, 1.807) is 0 Å². The smallest absolute Gasteiger partial charge is 0.141 e. The second-order valence-electron chi connectivity index (χ2n) is 4.03. The highest BCUT2D eigenvalue weighted by Gasteiger charge is 2.24. The Morgan fingerprint density at radius 2 is 2.21 bits per heavy atom. The molecule has 0 unspecified atom stereocenters. The van der Waals surface area contributed by atoms with Gasteiger partial charge in [-0.1, -0.05) is 12.5 Å². The van der Waals surface area contributed by atoms with Gasteiger partial charge in [0.2, 0.25) is 0 Å². The fourth-order valence-electron chi connectivity index (χ4n) is 1.98. The minimum Gasteiger partial charge on any atom is -0.299 e. The Morgan fingerprint density at radius 1 is 1.36 bits per heavy atom. The summed E-state index contributed by atoms with van der Waals surface area (Å²) in [6.07, 6.45) is 5.78. The third-order valence-electron chi connectivity index (χ3n) is 2.85. The Hall–Kier alpha value is -1.18. The highest BCUT2D eigenvalue weighted by molar-refractivity contribution is 5.85. The molecular weight excluding hydrogens is 174 g/mol. The summed E-state index contributed by atoms with van der Waals surface area (Å²) in [7, 11) is 0. The second kappa shape index (κ2) is 3.91. The number of pyridine rings is 1. The molecule has 74 valence electrons. The van der Waals surface area contributed by atoms with E-state index in [4.69, 9.17) is 0 Å². The molecule has 1 aliphatic rings. The normalized spacial score (nSPS) is 22.4. The highest BCUT2D eigenvalue weighted by atomic mass is 16.1. The standard InChI is InChI=1S/C12H15NO/c1-9-6-7-11(13-8-9)10-4-2-3-5-12(10)14/h6-8,10H,2-5H2,1H3/t10-/m0/s1. The van der Waals surface area contributed by atoms with Gasteiger partial charge in [-0.2, -0.15) is 0 Å². The first-order chi connectivity index (χ1) is 6.77. The number of nitrogens with zero attached hydrogens (tertiary/aromatic N) is 1. The second-order valence-corrected chi connectivity index (χ2v) is 4.03. The van der Waals surface area contributed by atoms with Crippen molar-refractivity contribution in [2.24, 2.45) is 0 Å². The number of carbonyl (C=O) groups excluding carboxylic acids is 1. The maximum atomic E-state index is 11.6. The van der Waals surface area contributed by atoms with Crippen molar-refractivity contribution < 1.29 is 4.79 Å². The van der Waals surface area contributed by atoms with Crippen LogP contribution in [0.3, 0.4) is 0 Å². The van der Waals surface area contributed by atoms with E-state index in [9.17, 15) is 4.79 Å². The molecule has 0 amide bonds. The predicted octanol–water partition coefficient (Wildman–Crippen LogP) is 2.62. The van der Waals surface area contributed by atoms with Crippen molar-refractivity contribution in [3.8, 4) is 0 Å². The van der Waals surface area contributed by atoms with Crippen LogP contribution < -0.4 is 0 Å². The van der Waals surface area contributed by atoms with Gasteiger partial charge in [0.15, 0.2) is 0 Å². The molecule has 0 spiro atoms. The fraction of sp³-hybridized carbons (Fsp3) is 0.500. The van der Waals surface area contributed by atoms with Gasteiger partial charge in [-0.15, -0.1) is 0 Å². The van der Waals surface area contributed by atoms with Crippen molar-refractivity contribution in [3.63, 3.8) is 0 Å². The molecule has 14 heavy (non-hydrogen) atoms. The van der Waals surface area contributed by atoms with Gasteiger partial charge in [0.05, 0.1) is 11.6 Å². The Kier molecular flexibility index (Phi) is 2.62. The van der Waals surface area contributed by atoms with Crippen LogP contribution in [0.1, 0.15) is 42.9 Å². The molecule has 0 aliphatic heterocycles. The van der Waals surface area contributed by atoms with Gasteiger partial charge in [-0.25, -0.2) is 0 Å². The molecule has 0 aromatic carbocycles. The fourth-order valence-corrected chi connectivity index (χ4v) is 1.98. The molecule has 2 nitrogen and oxygen atoms in total. The van der Waals surface area contributed by atoms with E-state index in [0.717, 1.165) is 36.9 Å². The Morgan fingerprint density at radius 3 is 2.86 bits per heavy atom. The number of hydrogen-bond donors (Lipinski definition) is 0. The van der Waals surface area contributed by atoms with Crippen molar-refractivity contribution in [1.82, 2.24) is 4.98 Å². The SMILES string of the molecule is Cc1ccc([C@@H]2CCCCC2=O)nc1. The van der Waals surface area contributed by atoms with Gasteiger partial charge < -0.3 is 0 Å². The van der Waals surface area contributed by atoms with Crippen LogP contribution in [0.5, 0.6) is 0 Å². The lowest BCUT2D eigenvalue weighted by Crippen LogP contribution is -2.17. The summed E-state index contributed by atoms with van der Waals surface area (Å²) in [5.74, 6) is 0.442. The van der Waals surface area contributed by atoms with E-state index in [0.29, 0.717) is 5.78 Å². The number of aromatic nitrogens is 1. The summed E-state index contributed by atoms with van der Waals surface area (Å²) < 4.78 is 0. The minimum atomic E-state index is 0.0735. The molecule has 0 radical (unpaired) electrons. The quantitative estimate of drug-likeness (QED) is 0.679. The van der Waals surface area contributed by atoms with Crippen LogP contribution in [0.15, 0.2) is 18.3 Å². The van der Waals surface area contributed by atoms with E-state index < -0.39 is 0 Å². The molecule has 0 N–H and O–H groups in total. The topological polar surface area (TPSA) is 30.0 Å². The largest absolute Gasteiger partial charge is 0.299 e. The van der Waals surface area contributed by atoms with Gasteiger partial charge in [-0.05, 0) is 31.4 Å². The third kappa shape index (κ3) is 1.84. The van der Waals surface area contributed by atoms with Crippen molar-refractivity contribution >= 4 is 5.78 Å². The van der Waals surface area contributed by atoms with Crippen molar-refractivity contribution in [2.45, 2.75) is 38.5 Å². The summed E-state index contributed by atoms with van der Waals surface area (Å²) in [5, 5.41) is 0. The first kappa shape index (κ1) is 9.38. The first-order valence-electron chi connectivity index (χ1n) is 5.22. The van der Waals surface area contributed by atoms with E-state index in [1.807, 2.05) is 25.3 Å². The molecule has 1 atom stereocenters. The maximum Gasteiger partial charge on any atom is 0.141 e. The average molecular weight is 189 g/mol. The number of ketones is 1. The summed E-state index contributed by atoms with van der Waals surface area (Å²) >= 11 is 0. The molecule has 0 bridgehead atoms. The van der Waals surface area contributed by atoms with Crippen LogP contribution in [-0.2, 0) is 4.79 Å². The number of hydrogen-bond acceptors (Lipinski definition) is 2. The van der Waals surface area contributed by atoms with E-state index >= 15 is 0 Å². The summed E-state index contributed by atoms with van der Waals surface area (Å²) in [6, 6.07) is 4.02. The van der Waals surface area contributed by atoms with E-state index in [1.165, 1.54) is 0 Å². The lowest BCUT2D eigenvalue weighted by Gasteiger charge is -2.19. The summed E-state index contributed by atoms with van der Waals surface area (Å²) in [5.41, 5.74) is 2.11. The van der Waals surface area contributed by atoms with Crippen LogP contribution in [-0.4, -0.2) is 10.8 Å². The van der Waals surface area contributed by atoms with Crippen LogP contribution in [0.25, 0.3) is 0 Å². The highest BCUT2D eigenvalue weighted by Crippen LogP contribution is 2.28. The molecule has 1 heterocycles. The molecule has 1 aliphatic carbocycles. The van der Waals surface area contributed by atoms with Crippen LogP contribution in [0.2, 0.25) is 0 Å². The zero-order valence-electron chi connectivity index (χ0n) is 8.49.